The van der Waals surface area contributed by atoms with Gasteiger partial charge < -0.3 is 0 Å². The number of alkyl halides is 1. The molecule has 1 rings (SSSR count). The molecular weight excluding hydrogens is 248 g/mol. The van der Waals surface area contributed by atoms with Gasteiger partial charge in [0.25, 0.3) is 0 Å². The van der Waals surface area contributed by atoms with E-state index >= 15 is 0 Å². The molecule has 0 radical (unpaired) electrons. The van der Waals surface area contributed by atoms with Gasteiger partial charge in [-0.05, 0) is 17.9 Å². The highest BCUT2D eigenvalue weighted by Crippen LogP contribution is 2.20. The molecule has 0 N–H and O–H groups in total. The Labute approximate surface area is 82.9 Å². The van der Waals surface area contributed by atoms with Crippen molar-refractivity contribution >= 4 is 39.3 Å². The molecule has 0 atom stereocenters. The molecule has 0 unspecified atom stereocenters. The van der Waals surface area contributed by atoms with Crippen molar-refractivity contribution in [3.05, 3.63) is 17.0 Å². The zero-order chi connectivity index (χ0) is 8.27. The quantitative estimate of drug-likeness (QED) is 0.351. The molecule has 0 spiro atoms. The van der Waals surface area contributed by atoms with Crippen LogP contribution in [-0.4, -0.2) is 16.2 Å². The Kier molecular flexibility index (Phi) is 3.62. The van der Waals surface area contributed by atoms with Gasteiger partial charge in [-0.1, -0.05) is 15.9 Å². The highest BCUT2D eigenvalue weighted by Gasteiger charge is 2.02. The molecule has 0 aliphatic rings. The Bertz CT molecular complexity index is 256. The molecule has 0 saturated heterocycles. The maximum Gasteiger partial charge on any atom is 0.223 e. The van der Waals surface area contributed by atoms with Crippen LogP contribution in [0.4, 0.5) is 0 Å². The normalized spacial score (nSPS) is 10.1. The Morgan fingerprint density at radius 2 is 2.45 bits per heavy atom. The maximum atomic E-state index is 5.60. The summed E-state index contributed by atoms with van der Waals surface area (Å²) < 4.78 is 0. The lowest BCUT2D eigenvalue weighted by Gasteiger charge is -2.00. The number of halogens is 2. The topological polar surface area (TPSA) is 25.8 Å². The molecule has 11 heavy (non-hydrogen) atoms. The van der Waals surface area contributed by atoms with Crippen molar-refractivity contribution in [3.8, 4) is 0 Å². The van der Waals surface area contributed by atoms with Gasteiger partial charge in [0.05, 0.1) is 0 Å². The van der Waals surface area contributed by atoms with Crippen LogP contribution in [0.15, 0.2) is 11.2 Å². The Morgan fingerprint density at radius 3 is 3.00 bits per heavy atom. The standard InChI is InChI=1S/C6H6BrClN2S/c1-11-5-4(2-7)3-9-6(8)10-5/h3H,2H2,1H3. The number of hydrogen-bond acceptors (Lipinski definition) is 3. The van der Waals surface area contributed by atoms with E-state index in [-0.39, 0.29) is 0 Å². The molecular formula is C6H6BrClN2S. The van der Waals surface area contributed by atoms with Crippen LogP contribution in [0.1, 0.15) is 5.56 Å². The summed E-state index contributed by atoms with van der Waals surface area (Å²) in [6, 6.07) is 0. The summed E-state index contributed by atoms with van der Waals surface area (Å²) in [5, 5.41) is 2.00. The fraction of sp³-hybridized carbons (Fsp3) is 0.333. The summed E-state index contributed by atoms with van der Waals surface area (Å²) >= 11 is 10.5. The molecule has 0 aromatic carbocycles. The minimum Gasteiger partial charge on any atom is -0.226 e. The van der Waals surface area contributed by atoms with Crippen molar-refractivity contribution in [2.24, 2.45) is 0 Å². The second-order valence-corrected chi connectivity index (χ2v) is 3.50. The summed E-state index contributed by atoms with van der Waals surface area (Å²) in [5.74, 6) is 0. The van der Waals surface area contributed by atoms with E-state index in [0.717, 1.165) is 15.9 Å². The first kappa shape index (κ1) is 9.29. The van der Waals surface area contributed by atoms with Crippen LogP contribution in [-0.2, 0) is 5.33 Å². The van der Waals surface area contributed by atoms with E-state index in [2.05, 4.69) is 25.9 Å². The third kappa shape index (κ3) is 2.32. The van der Waals surface area contributed by atoms with Crippen LogP contribution < -0.4 is 0 Å². The average Bonchev–Trinajstić information content (AvgIpc) is 2.04. The van der Waals surface area contributed by atoms with Crippen LogP contribution in [0.25, 0.3) is 0 Å². The van der Waals surface area contributed by atoms with Crippen LogP contribution >= 0.6 is 39.3 Å². The summed E-state index contributed by atoms with van der Waals surface area (Å²) in [4.78, 5) is 7.92. The fourth-order valence-electron chi connectivity index (χ4n) is 0.639. The van der Waals surface area contributed by atoms with E-state index in [4.69, 9.17) is 11.6 Å². The summed E-state index contributed by atoms with van der Waals surface area (Å²) in [6.07, 6.45) is 3.70. The van der Waals surface area contributed by atoms with Crippen molar-refractivity contribution < 1.29 is 0 Å². The zero-order valence-electron chi connectivity index (χ0n) is 5.84. The second-order valence-electron chi connectivity index (χ2n) is 1.81. The van der Waals surface area contributed by atoms with Gasteiger partial charge in [0.1, 0.15) is 5.03 Å². The van der Waals surface area contributed by atoms with Crippen LogP contribution in [0.3, 0.4) is 0 Å². The van der Waals surface area contributed by atoms with Gasteiger partial charge in [0, 0.05) is 17.1 Å². The van der Waals surface area contributed by atoms with E-state index in [0.29, 0.717) is 5.28 Å². The van der Waals surface area contributed by atoms with Crippen molar-refractivity contribution in [1.82, 2.24) is 9.97 Å². The summed E-state index contributed by atoms with van der Waals surface area (Å²) in [7, 11) is 0. The molecule has 1 heterocycles. The van der Waals surface area contributed by atoms with Gasteiger partial charge in [-0.15, -0.1) is 11.8 Å². The number of aromatic nitrogens is 2. The molecule has 0 fully saturated rings. The monoisotopic (exact) mass is 252 g/mol. The SMILES string of the molecule is CSc1nc(Cl)ncc1CBr. The lowest BCUT2D eigenvalue weighted by molar-refractivity contribution is 1.00. The summed E-state index contributed by atoms with van der Waals surface area (Å²) in [6.45, 7) is 0. The van der Waals surface area contributed by atoms with E-state index in [1.807, 2.05) is 6.26 Å². The minimum atomic E-state index is 0.305. The minimum absolute atomic E-state index is 0.305. The Morgan fingerprint density at radius 1 is 1.73 bits per heavy atom. The molecule has 1 aromatic rings. The number of rotatable bonds is 2. The lowest BCUT2D eigenvalue weighted by Crippen LogP contribution is -1.90. The first-order valence-corrected chi connectivity index (χ1v) is 5.61. The molecule has 5 heteroatoms. The third-order valence-corrected chi connectivity index (χ3v) is 2.66. The first-order valence-electron chi connectivity index (χ1n) is 2.89. The van der Waals surface area contributed by atoms with E-state index in [1.54, 1.807) is 18.0 Å². The summed E-state index contributed by atoms with van der Waals surface area (Å²) in [5.41, 5.74) is 1.07. The van der Waals surface area contributed by atoms with E-state index in [9.17, 15) is 0 Å². The van der Waals surface area contributed by atoms with Crippen molar-refractivity contribution in [3.63, 3.8) is 0 Å². The highest BCUT2D eigenvalue weighted by atomic mass is 79.9. The van der Waals surface area contributed by atoms with E-state index < -0.39 is 0 Å². The molecule has 0 amide bonds. The first-order chi connectivity index (χ1) is 5.27. The molecule has 0 saturated carbocycles. The van der Waals surface area contributed by atoms with Gasteiger partial charge in [-0.25, -0.2) is 9.97 Å². The van der Waals surface area contributed by atoms with Gasteiger partial charge in [0.2, 0.25) is 5.28 Å². The predicted octanol–water partition coefficient (Wildman–Crippen LogP) is 2.75. The molecule has 60 valence electrons. The van der Waals surface area contributed by atoms with Gasteiger partial charge in [-0.3, -0.25) is 0 Å². The van der Waals surface area contributed by atoms with Crippen molar-refractivity contribution in [2.75, 3.05) is 6.26 Å². The number of nitrogens with zero attached hydrogens (tertiary/aromatic N) is 2. The molecule has 0 bridgehead atoms. The average molecular weight is 254 g/mol. The van der Waals surface area contributed by atoms with Crippen molar-refractivity contribution in [1.29, 1.82) is 0 Å². The Hall–Kier alpha value is 0.200. The number of hydrogen-bond donors (Lipinski definition) is 0. The zero-order valence-corrected chi connectivity index (χ0v) is 9.00. The van der Waals surface area contributed by atoms with Crippen LogP contribution in [0.2, 0.25) is 5.28 Å². The fourth-order valence-corrected chi connectivity index (χ4v) is 1.98. The molecule has 1 aromatic heterocycles. The number of thioether (sulfide) groups is 1. The smallest absolute Gasteiger partial charge is 0.223 e. The largest absolute Gasteiger partial charge is 0.226 e. The maximum absolute atomic E-state index is 5.60. The van der Waals surface area contributed by atoms with Gasteiger partial charge in [-0.2, -0.15) is 0 Å². The second kappa shape index (κ2) is 4.28. The van der Waals surface area contributed by atoms with Crippen LogP contribution in [0, 0.1) is 0 Å². The predicted molar refractivity (Wildman–Crippen MR) is 51.5 cm³/mol. The molecule has 0 aliphatic carbocycles. The molecule has 0 aliphatic heterocycles. The van der Waals surface area contributed by atoms with Gasteiger partial charge >= 0.3 is 0 Å². The Balaban J connectivity index is 3.06. The van der Waals surface area contributed by atoms with Crippen LogP contribution in [0.5, 0.6) is 0 Å². The molecule has 2 nitrogen and oxygen atoms in total. The lowest BCUT2D eigenvalue weighted by atomic mass is 10.4. The highest BCUT2D eigenvalue weighted by molar-refractivity contribution is 9.08. The third-order valence-electron chi connectivity index (χ3n) is 1.13. The van der Waals surface area contributed by atoms with Crippen molar-refractivity contribution in [2.45, 2.75) is 10.4 Å². The van der Waals surface area contributed by atoms with Gasteiger partial charge in [0.15, 0.2) is 0 Å². The van der Waals surface area contributed by atoms with E-state index in [1.165, 1.54) is 0 Å².